The molecule has 0 saturated heterocycles. The number of nitrogens with one attached hydrogen (secondary N) is 1. The average molecular weight is 162 g/mol. The van der Waals surface area contributed by atoms with Crippen molar-refractivity contribution in [2.24, 2.45) is 5.73 Å². The molecule has 1 amide bonds. The first-order chi connectivity index (χ1) is 5.31. The van der Waals surface area contributed by atoms with Gasteiger partial charge in [0.2, 0.25) is 0 Å². The molecule has 0 radical (unpaired) electrons. The Bertz CT molecular complexity index is 108. The number of carbonyl (C=O) groups is 1. The molecule has 11 heavy (non-hydrogen) atoms. The van der Waals surface area contributed by atoms with Gasteiger partial charge in [-0.2, -0.15) is 0 Å². The number of amides is 1. The van der Waals surface area contributed by atoms with E-state index in [1.165, 1.54) is 7.05 Å². The second kappa shape index (κ2) is 7.30. The predicted molar refractivity (Wildman–Crippen MR) is 40.3 cm³/mol. The fourth-order valence-electron chi connectivity index (χ4n) is 0.451. The van der Waals surface area contributed by atoms with Crippen LogP contribution in [0.5, 0.6) is 0 Å². The van der Waals surface area contributed by atoms with Crippen LogP contribution in [0.15, 0.2) is 0 Å². The molecule has 5 heteroatoms. The molecule has 0 saturated carbocycles. The summed E-state index contributed by atoms with van der Waals surface area (Å²) in [6, 6.07) is 0. The molecule has 0 heterocycles. The summed E-state index contributed by atoms with van der Waals surface area (Å²) in [5, 5.41) is 2.31. The molecule has 66 valence electrons. The molecule has 3 N–H and O–H groups in total. The summed E-state index contributed by atoms with van der Waals surface area (Å²) in [5.74, 6) is 0. The van der Waals surface area contributed by atoms with Crippen molar-refractivity contribution in [3.05, 3.63) is 0 Å². The van der Waals surface area contributed by atoms with E-state index in [2.05, 4.69) is 10.1 Å². The van der Waals surface area contributed by atoms with Gasteiger partial charge in [0.05, 0.1) is 13.2 Å². The standard InChI is InChI=1S/C6H14N2O3/c1-8-6(9)11-5-4-10-3-2-7/h2-5,7H2,1H3,(H,8,9). The molecule has 0 aromatic heterocycles. The van der Waals surface area contributed by atoms with E-state index in [9.17, 15) is 4.79 Å². The highest BCUT2D eigenvalue weighted by Crippen LogP contribution is 1.78. The highest BCUT2D eigenvalue weighted by molar-refractivity contribution is 5.66. The van der Waals surface area contributed by atoms with E-state index in [0.717, 1.165) is 0 Å². The second-order valence-electron chi connectivity index (χ2n) is 1.79. The lowest BCUT2D eigenvalue weighted by molar-refractivity contribution is 0.0772. The largest absolute Gasteiger partial charge is 0.447 e. The van der Waals surface area contributed by atoms with E-state index in [-0.39, 0.29) is 6.61 Å². The maximum absolute atomic E-state index is 10.4. The van der Waals surface area contributed by atoms with Crippen LogP contribution < -0.4 is 11.1 Å². The van der Waals surface area contributed by atoms with Gasteiger partial charge in [-0.05, 0) is 0 Å². The molecule has 0 aromatic carbocycles. The van der Waals surface area contributed by atoms with Crippen molar-refractivity contribution in [2.75, 3.05) is 33.4 Å². The van der Waals surface area contributed by atoms with Crippen LogP contribution >= 0.6 is 0 Å². The summed E-state index contributed by atoms with van der Waals surface area (Å²) < 4.78 is 9.57. The number of nitrogens with two attached hydrogens (primary N) is 1. The first kappa shape index (κ1) is 10.2. The van der Waals surface area contributed by atoms with E-state index in [0.29, 0.717) is 19.8 Å². The molecule has 0 aliphatic carbocycles. The predicted octanol–water partition coefficient (Wildman–Crippen LogP) is -0.682. The monoisotopic (exact) mass is 162 g/mol. The van der Waals surface area contributed by atoms with Crippen molar-refractivity contribution in [2.45, 2.75) is 0 Å². The fraction of sp³-hybridized carbons (Fsp3) is 0.833. The Morgan fingerprint density at radius 3 is 2.73 bits per heavy atom. The van der Waals surface area contributed by atoms with Crippen molar-refractivity contribution in [1.82, 2.24) is 5.32 Å². The number of alkyl carbamates (subject to hydrolysis) is 1. The summed E-state index contributed by atoms with van der Waals surface area (Å²) in [6.45, 7) is 1.64. The van der Waals surface area contributed by atoms with Gasteiger partial charge in [0.1, 0.15) is 6.61 Å². The Morgan fingerprint density at radius 2 is 2.18 bits per heavy atom. The first-order valence-corrected chi connectivity index (χ1v) is 3.43. The maximum Gasteiger partial charge on any atom is 0.406 e. The number of hydrogen-bond donors (Lipinski definition) is 2. The lowest BCUT2D eigenvalue weighted by Crippen LogP contribution is -2.21. The number of hydrogen-bond acceptors (Lipinski definition) is 4. The molecule has 0 aromatic rings. The fourth-order valence-corrected chi connectivity index (χ4v) is 0.451. The molecule has 5 nitrogen and oxygen atoms in total. The van der Waals surface area contributed by atoms with Crippen LogP contribution in [0.3, 0.4) is 0 Å². The Labute approximate surface area is 65.8 Å². The van der Waals surface area contributed by atoms with Gasteiger partial charge in [0, 0.05) is 13.6 Å². The normalized spacial score (nSPS) is 9.27. The van der Waals surface area contributed by atoms with Crippen LogP contribution in [0.1, 0.15) is 0 Å². The molecule has 0 fully saturated rings. The van der Waals surface area contributed by atoms with E-state index in [1.807, 2.05) is 0 Å². The molecule has 0 bridgehead atoms. The number of carbonyl (C=O) groups excluding carboxylic acids is 1. The Hall–Kier alpha value is -0.810. The topological polar surface area (TPSA) is 73.6 Å². The molecule has 0 unspecified atom stereocenters. The third kappa shape index (κ3) is 7.08. The Kier molecular flexibility index (Phi) is 6.76. The lowest BCUT2D eigenvalue weighted by Gasteiger charge is -2.03. The van der Waals surface area contributed by atoms with Crippen molar-refractivity contribution >= 4 is 6.09 Å². The van der Waals surface area contributed by atoms with Gasteiger partial charge in [0.15, 0.2) is 0 Å². The van der Waals surface area contributed by atoms with Crippen LogP contribution in [-0.2, 0) is 9.47 Å². The third-order valence-electron chi connectivity index (χ3n) is 0.927. The molecule has 0 spiro atoms. The van der Waals surface area contributed by atoms with Gasteiger partial charge in [-0.3, -0.25) is 0 Å². The molecule has 0 rings (SSSR count). The van der Waals surface area contributed by atoms with Crippen molar-refractivity contribution in [3.8, 4) is 0 Å². The summed E-state index contributed by atoms with van der Waals surface area (Å²) in [6.07, 6.45) is -0.443. The van der Waals surface area contributed by atoms with Crippen LogP contribution in [-0.4, -0.2) is 39.5 Å². The minimum absolute atomic E-state index is 0.264. The van der Waals surface area contributed by atoms with Crippen molar-refractivity contribution < 1.29 is 14.3 Å². The molecule has 0 atom stereocenters. The maximum atomic E-state index is 10.4. The average Bonchev–Trinajstić information content (AvgIpc) is 2.04. The lowest BCUT2D eigenvalue weighted by atomic mass is 10.7. The van der Waals surface area contributed by atoms with Gasteiger partial charge in [-0.15, -0.1) is 0 Å². The highest BCUT2D eigenvalue weighted by Gasteiger charge is 1.95. The zero-order valence-electron chi connectivity index (χ0n) is 6.63. The number of ether oxygens (including phenoxy) is 2. The second-order valence-corrected chi connectivity index (χ2v) is 1.79. The summed E-state index contributed by atoms with van der Waals surface area (Å²) in [7, 11) is 1.50. The molecule has 0 aliphatic rings. The highest BCUT2D eigenvalue weighted by atomic mass is 16.6. The van der Waals surface area contributed by atoms with Gasteiger partial charge >= 0.3 is 6.09 Å². The van der Waals surface area contributed by atoms with Gasteiger partial charge in [-0.1, -0.05) is 0 Å². The first-order valence-electron chi connectivity index (χ1n) is 3.43. The number of rotatable bonds is 5. The Balaban J connectivity index is 2.95. The van der Waals surface area contributed by atoms with E-state index in [4.69, 9.17) is 10.5 Å². The summed E-state index contributed by atoms with van der Waals surface area (Å²) >= 11 is 0. The third-order valence-corrected chi connectivity index (χ3v) is 0.927. The van der Waals surface area contributed by atoms with E-state index in [1.54, 1.807) is 0 Å². The van der Waals surface area contributed by atoms with Crippen LogP contribution in [0.4, 0.5) is 4.79 Å². The minimum atomic E-state index is -0.443. The van der Waals surface area contributed by atoms with Gasteiger partial charge in [-0.25, -0.2) is 4.79 Å². The minimum Gasteiger partial charge on any atom is -0.447 e. The van der Waals surface area contributed by atoms with Crippen molar-refractivity contribution in [1.29, 1.82) is 0 Å². The zero-order chi connectivity index (χ0) is 8.53. The molecule has 0 aliphatic heterocycles. The smallest absolute Gasteiger partial charge is 0.406 e. The van der Waals surface area contributed by atoms with Crippen LogP contribution in [0, 0.1) is 0 Å². The van der Waals surface area contributed by atoms with E-state index >= 15 is 0 Å². The van der Waals surface area contributed by atoms with Crippen LogP contribution in [0.25, 0.3) is 0 Å². The van der Waals surface area contributed by atoms with Crippen molar-refractivity contribution in [3.63, 3.8) is 0 Å². The molecular formula is C6H14N2O3. The molecular weight excluding hydrogens is 148 g/mol. The SMILES string of the molecule is CNC(=O)OCCOCCN. The van der Waals surface area contributed by atoms with Gasteiger partial charge in [0.25, 0.3) is 0 Å². The van der Waals surface area contributed by atoms with Gasteiger partial charge < -0.3 is 20.5 Å². The summed E-state index contributed by atoms with van der Waals surface area (Å²) in [4.78, 5) is 10.4. The van der Waals surface area contributed by atoms with Crippen LogP contribution in [0.2, 0.25) is 0 Å². The Morgan fingerprint density at radius 1 is 1.45 bits per heavy atom. The zero-order valence-corrected chi connectivity index (χ0v) is 6.63. The quantitative estimate of drug-likeness (QED) is 0.525. The van der Waals surface area contributed by atoms with E-state index < -0.39 is 6.09 Å². The summed E-state index contributed by atoms with van der Waals surface area (Å²) in [5.41, 5.74) is 5.15.